The molecule has 0 bridgehead atoms. The SMILES string of the molecule is COc1cc(-c2ccc(Cl)c3ccccc23)ccc1CNC(CO)C(=O)O. The van der Waals surface area contributed by atoms with Gasteiger partial charge >= 0.3 is 5.97 Å². The van der Waals surface area contributed by atoms with Crippen LogP contribution in [0.2, 0.25) is 5.02 Å². The molecule has 0 aliphatic rings. The van der Waals surface area contributed by atoms with Crippen molar-refractivity contribution in [2.24, 2.45) is 0 Å². The molecular weight excluding hydrogens is 366 g/mol. The van der Waals surface area contributed by atoms with E-state index in [4.69, 9.17) is 26.6 Å². The minimum absolute atomic E-state index is 0.266. The zero-order chi connectivity index (χ0) is 19.4. The Labute approximate surface area is 162 Å². The van der Waals surface area contributed by atoms with Crippen LogP contribution in [0, 0.1) is 0 Å². The molecule has 6 heteroatoms. The molecule has 0 spiro atoms. The summed E-state index contributed by atoms with van der Waals surface area (Å²) in [5.41, 5.74) is 2.81. The van der Waals surface area contributed by atoms with E-state index < -0.39 is 18.6 Å². The third kappa shape index (κ3) is 4.06. The summed E-state index contributed by atoms with van der Waals surface area (Å²) in [6.07, 6.45) is 0. The topological polar surface area (TPSA) is 78.8 Å². The van der Waals surface area contributed by atoms with E-state index in [1.807, 2.05) is 54.6 Å². The predicted octanol–water partition coefficient (Wildman–Crippen LogP) is 3.70. The molecule has 0 amide bonds. The number of methoxy groups -OCH3 is 1. The lowest BCUT2D eigenvalue weighted by Crippen LogP contribution is -2.39. The fourth-order valence-corrected chi connectivity index (χ4v) is 3.26. The van der Waals surface area contributed by atoms with Gasteiger partial charge in [-0.05, 0) is 28.6 Å². The Hall–Kier alpha value is -2.60. The minimum atomic E-state index is -1.10. The van der Waals surface area contributed by atoms with Crippen LogP contribution in [0.25, 0.3) is 21.9 Å². The van der Waals surface area contributed by atoms with Crippen LogP contribution >= 0.6 is 11.6 Å². The maximum Gasteiger partial charge on any atom is 0.323 e. The molecule has 27 heavy (non-hydrogen) atoms. The molecule has 0 aromatic heterocycles. The predicted molar refractivity (Wildman–Crippen MR) is 106 cm³/mol. The molecule has 140 valence electrons. The van der Waals surface area contributed by atoms with Crippen molar-refractivity contribution in [3.8, 4) is 16.9 Å². The van der Waals surface area contributed by atoms with Gasteiger partial charge in [-0.15, -0.1) is 0 Å². The smallest absolute Gasteiger partial charge is 0.323 e. The number of aliphatic carboxylic acids is 1. The highest BCUT2D eigenvalue weighted by Crippen LogP contribution is 2.35. The van der Waals surface area contributed by atoms with E-state index in [2.05, 4.69) is 5.32 Å². The van der Waals surface area contributed by atoms with Crippen molar-refractivity contribution in [1.82, 2.24) is 5.32 Å². The maximum atomic E-state index is 11.0. The van der Waals surface area contributed by atoms with Gasteiger partial charge in [-0.3, -0.25) is 10.1 Å². The Morgan fingerprint density at radius 2 is 1.89 bits per heavy atom. The summed E-state index contributed by atoms with van der Waals surface area (Å²) in [5.74, 6) is -0.457. The van der Waals surface area contributed by atoms with Gasteiger partial charge in [0.2, 0.25) is 0 Å². The van der Waals surface area contributed by atoms with Gasteiger partial charge in [0.15, 0.2) is 0 Å². The lowest BCUT2D eigenvalue weighted by Gasteiger charge is -2.15. The lowest BCUT2D eigenvalue weighted by molar-refractivity contribution is -0.140. The summed E-state index contributed by atoms with van der Waals surface area (Å²) in [7, 11) is 1.57. The minimum Gasteiger partial charge on any atom is -0.496 e. The van der Waals surface area contributed by atoms with Gasteiger partial charge in [-0.2, -0.15) is 0 Å². The summed E-state index contributed by atoms with van der Waals surface area (Å²) >= 11 is 6.31. The number of aliphatic hydroxyl groups excluding tert-OH is 1. The van der Waals surface area contributed by atoms with Crippen molar-refractivity contribution >= 4 is 28.3 Å². The molecule has 3 aromatic carbocycles. The van der Waals surface area contributed by atoms with Crippen molar-refractivity contribution < 1.29 is 19.7 Å². The van der Waals surface area contributed by atoms with E-state index in [9.17, 15) is 4.79 Å². The highest BCUT2D eigenvalue weighted by atomic mass is 35.5. The second-order valence-corrected chi connectivity index (χ2v) is 6.53. The second-order valence-electron chi connectivity index (χ2n) is 6.12. The van der Waals surface area contributed by atoms with E-state index in [-0.39, 0.29) is 6.54 Å². The molecule has 0 aliphatic carbocycles. The van der Waals surface area contributed by atoms with Crippen molar-refractivity contribution in [2.45, 2.75) is 12.6 Å². The first kappa shape index (κ1) is 19.2. The number of halogens is 1. The van der Waals surface area contributed by atoms with Gasteiger partial charge in [-0.25, -0.2) is 0 Å². The first-order valence-corrected chi connectivity index (χ1v) is 8.84. The molecule has 1 unspecified atom stereocenters. The molecule has 0 aliphatic heterocycles. The van der Waals surface area contributed by atoms with Crippen molar-refractivity contribution in [3.05, 3.63) is 65.2 Å². The number of carbonyl (C=O) groups is 1. The molecule has 0 radical (unpaired) electrons. The largest absolute Gasteiger partial charge is 0.496 e. The van der Waals surface area contributed by atoms with Crippen molar-refractivity contribution in [1.29, 1.82) is 0 Å². The average molecular weight is 386 g/mol. The summed E-state index contributed by atoms with van der Waals surface area (Å²) in [5, 5.41) is 23.7. The third-order valence-corrected chi connectivity index (χ3v) is 4.82. The molecule has 3 aromatic rings. The van der Waals surface area contributed by atoms with Crippen LogP contribution in [0.3, 0.4) is 0 Å². The van der Waals surface area contributed by atoms with Crippen LogP contribution in [0.4, 0.5) is 0 Å². The molecule has 0 saturated carbocycles. The number of ether oxygens (including phenoxy) is 1. The highest BCUT2D eigenvalue weighted by molar-refractivity contribution is 6.36. The normalized spacial score (nSPS) is 12.1. The van der Waals surface area contributed by atoms with Crippen molar-refractivity contribution in [2.75, 3.05) is 13.7 Å². The zero-order valence-electron chi connectivity index (χ0n) is 14.8. The Kier molecular flexibility index (Phi) is 5.96. The second kappa shape index (κ2) is 8.39. The fraction of sp³-hybridized carbons (Fsp3) is 0.190. The number of hydrogen-bond acceptors (Lipinski definition) is 4. The van der Waals surface area contributed by atoms with Gasteiger partial charge < -0.3 is 14.9 Å². The average Bonchev–Trinajstić information content (AvgIpc) is 2.69. The zero-order valence-corrected chi connectivity index (χ0v) is 15.5. The van der Waals surface area contributed by atoms with Crippen LogP contribution < -0.4 is 10.1 Å². The molecule has 0 fully saturated rings. The molecule has 0 saturated heterocycles. The Morgan fingerprint density at radius 3 is 2.56 bits per heavy atom. The number of aliphatic hydroxyl groups is 1. The molecule has 5 nitrogen and oxygen atoms in total. The van der Waals surface area contributed by atoms with E-state index >= 15 is 0 Å². The number of nitrogens with one attached hydrogen (secondary N) is 1. The Morgan fingerprint density at radius 1 is 1.15 bits per heavy atom. The molecular formula is C21H20ClNO4. The lowest BCUT2D eigenvalue weighted by atomic mass is 9.97. The molecule has 3 rings (SSSR count). The first-order valence-electron chi connectivity index (χ1n) is 8.46. The monoisotopic (exact) mass is 385 g/mol. The molecule has 1 atom stereocenters. The summed E-state index contributed by atoms with van der Waals surface area (Å²) in [4.78, 5) is 11.0. The van der Waals surface area contributed by atoms with Gasteiger partial charge in [0.05, 0.1) is 13.7 Å². The Bertz CT molecular complexity index is 974. The van der Waals surface area contributed by atoms with Crippen LogP contribution in [0.1, 0.15) is 5.56 Å². The number of carboxylic acids is 1. The van der Waals surface area contributed by atoms with Crippen LogP contribution in [0.15, 0.2) is 54.6 Å². The van der Waals surface area contributed by atoms with Crippen LogP contribution in [0.5, 0.6) is 5.75 Å². The number of carboxylic acid groups (broad SMARTS) is 1. The number of rotatable bonds is 7. The van der Waals surface area contributed by atoms with Crippen LogP contribution in [-0.4, -0.2) is 35.9 Å². The maximum absolute atomic E-state index is 11.0. The van der Waals surface area contributed by atoms with Gasteiger partial charge in [-0.1, -0.05) is 54.1 Å². The van der Waals surface area contributed by atoms with E-state index in [1.165, 1.54) is 0 Å². The third-order valence-electron chi connectivity index (χ3n) is 4.49. The number of fused-ring (bicyclic) bond motifs is 1. The first-order chi connectivity index (χ1) is 13.0. The van der Waals surface area contributed by atoms with E-state index in [1.54, 1.807) is 7.11 Å². The molecule has 3 N–H and O–H groups in total. The van der Waals surface area contributed by atoms with E-state index in [0.717, 1.165) is 27.5 Å². The number of benzene rings is 3. The number of hydrogen-bond donors (Lipinski definition) is 3. The summed E-state index contributed by atoms with van der Waals surface area (Å²) in [6, 6.07) is 16.5. The molecule has 0 heterocycles. The summed E-state index contributed by atoms with van der Waals surface area (Å²) < 4.78 is 5.49. The van der Waals surface area contributed by atoms with Crippen molar-refractivity contribution in [3.63, 3.8) is 0 Å². The fourth-order valence-electron chi connectivity index (χ4n) is 3.04. The highest BCUT2D eigenvalue weighted by Gasteiger charge is 2.16. The van der Waals surface area contributed by atoms with Gasteiger partial charge in [0.25, 0.3) is 0 Å². The van der Waals surface area contributed by atoms with Gasteiger partial charge in [0, 0.05) is 22.5 Å². The Balaban J connectivity index is 1.95. The van der Waals surface area contributed by atoms with Crippen LogP contribution in [-0.2, 0) is 11.3 Å². The van der Waals surface area contributed by atoms with E-state index in [0.29, 0.717) is 10.8 Å². The standard InChI is InChI=1S/C21H20ClNO4/c1-27-20-10-13(6-7-14(20)11-23-19(12-24)21(25)26)15-8-9-18(22)17-5-3-2-4-16(15)17/h2-10,19,23-24H,11-12H2,1H3,(H,25,26). The quantitative estimate of drug-likeness (QED) is 0.578. The summed E-state index contributed by atoms with van der Waals surface area (Å²) in [6.45, 7) is -0.213. The van der Waals surface area contributed by atoms with Gasteiger partial charge in [0.1, 0.15) is 11.8 Å².